The molecule has 1 aliphatic rings. The molecular weight excluding hydrogens is 304 g/mol. The number of nitrogens with zero attached hydrogens (tertiary/aromatic N) is 1. The summed E-state index contributed by atoms with van der Waals surface area (Å²) in [5, 5.41) is 3.17. The van der Waals surface area contributed by atoms with Gasteiger partial charge in [-0.2, -0.15) is 0 Å². The minimum atomic E-state index is -0.436. The molecule has 1 atom stereocenters. The van der Waals surface area contributed by atoms with E-state index in [1.807, 2.05) is 24.3 Å². The predicted octanol–water partition coefficient (Wildman–Crippen LogP) is 5.14. The van der Waals surface area contributed by atoms with Crippen molar-refractivity contribution >= 4 is 23.0 Å². The zero-order chi connectivity index (χ0) is 15.6. The van der Waals surface area contributed by atoms with Crippen LogP contribution in [-0.4, -0.2) is 11.3 Å². The molecule has 0 radical (unpaired) electrons. The molecule has 0 saturated heterocycles. The van der Waals surface area contributed by atoms with Gasteiger partial charge in [-0.25, -0.2) is 4.99 Å². The summed E-state index contributed by atoms with van der Waals surface area (Å²) in [5.41, 5.74) is 6.07. The summed E-state index contributed by atoms with van der Waals surface area (Å²) < 4.78 is 0. The molecule has 4 rings (SSSR count). The molecule has 0 spiro atoms. The van der Waals surface area contributed by atoms with E-state index in [2.05, 4.69) is 64.9 Å². The molecule has 1 heterocycles. The SMILES string of the molecule is ClC1N=C(c2ccc(-c3ccccc3)cc2)c2ccccc2N1. The lowest BCUT2D eigenvalue weighted by atomic mass is 9.97. The van der Waals surface area contributed by atoms with E-state index in [0.717, 1.165) is 22.5 Å². The third-order valence-electron chi connectivity index (χ3n) is 3.96. The average Bonchev–Trinajstić information content (AvgIpc) is 2.62. The van der Waals surface area contributed by atoms with E-state index < -0.39 is 5.62 Å². The van der Waals surface area contributed by atoms with Gasteiger partial charge in [-0.3, -0.25) is 0 Å². The lowest BCUT2D eigenvalue weighted by Gasteiger charge is -2.22. The van der Waals surface area contributed by atoms with Crippen molar-refractivity contribution in [2.24, 2.45) is 4.99 Å². The number of para-hydroxylation sites is 1. The van der Waals surface area contributed by atoms with Crippen molar-refractivity contribution in [3.63, 3.8) is 0 Å². The minimum Gasteiger partial charge on any atom is -0.351 e. The lowest BCUT2D eigenvalue weighted by molar-refractivity contribution is 1.02. The summed E-state index contributed by atoms with van der Waals surface area (Å²) in [4.78, 5) is 4.57. The highest BCUT2D eigenvalue weighted by Gasteiger charge is 2.19. The number of benzene rings is 3. The van der Waals surface area contributed by atoms with Gasteiger partial charge in [0.25, 0.3) is 0 Å². The molecule has 23 heavy (non-hydrogen) atoms. The van der Waals surface area contributed by atoms with Crippen molar-refractivity contribution in [3.8, 4) is 11.1 Å². The minimum absolute atomic E-state index is 0.436. The molecule has 3 aromatic carbocycles. The van der Waals surface area contributed by atoms with Crippen molar-refractivity contribution in [2.45, 2.75) is 5.62 Å². The van der Waals surface area contributed by atoms with Crippen LogP contribution in [0.4, 0.5) is 5.69 Å². The maximum Gasteiger partial charge on any atom is 0.196 e. The van der Waals surface area contributed by atoms with Gasteiger partial charge in [0.2, 0.25) is 0 Å². The molecule has 0 aliphatic carbocycles. The quantitative estimate of drug-likeness (QED) is 0.513. The van der Waals surface area contributed by atoms with Crippen molar-refractivity contribution in [1.29, 1.82) is 0 Å². The van der Waals surface area contributed by atoms with E-state index in [0.29, 0.717) is 0 Å². The van der Waals surface area contributed by atoms with E-state index in [4.69, 9.17) is 11.6 Å². The number of rotatable bonds is 2. The fraction of sp³-hybridized carbons (Fsp3) is 0.0500. The lowest BCUT2D eigenvalue weighted by Crippen LogP contribution is -2.21. The Labute approximate surface area is 140 Å². The maximum absolute atomic E-state index is 6.22. The monoisotopic (exact) mass is 318 g/mol. The van der Waals surface area contributed by atoms with Gasteiger partial charge in [0.05, 0.1) is 5.71 Å². The Hall–Kier alpha value is -2.58. The van der Waals surface area contributed by atoms with Gasteiger partial charge < -0.3 is 5.32 Å². The normalized spacial score (nSPS) is 16.2. The van der Waals surface area contributed by atoms with Crippen LogP contribution in [0, 0.1) is 0 Å². The molecule has 1 unspecified atom stereocenters. The van der Waals surface area contributed by atoms with E-state index in [1.165, 1.54) is 11.1 Å². The predicted molar refractivity (Wildman–Crippen MR) is 97.2 cm³/mol. The first-order chi connectivity index (χ1) is 11.3. The molecule has 2 nitrogen and oxygen atoms in total. The topological polar surface area (TPSA) is 24.4 Å². The molecule has 0 bridgehead atoms. The second-order valence-corrected chi connectivity index (χ2v) is 5.86. The summed E-state index contributed by atoms with van der Waals surface area (Å²) in [5.74, 6) is 0. The Morgan fingerprint density at radius 2 is 1.30 bits per heavy atom. The molecular formula is C20H15ClN2. The van der Waals surface area contributed by atoms with Crippen molar-refractivity contribution in [3.05, 3.63) is 90.0 Å². The van der Waals surface area contributed by atoms with E-state index in [-0.39, 0.29) is 0 Å². The van der Waals surface area contributed by atoms with Crippen LogP contribution in [0.25, 0.3) is 11.1 Å². The van der Waals surface area contributed by atoms with Gasteiger partial charge in [0.15, 0.2) is 5.62 Å². The van der Waals surface area contributed by atoms with E-state index in [1.54, 1.807) is 0 Å². The Morgan fingerprint density at radius 1 is 0.696 bits per heavy atom. The summed E-state index contributed by atoms with van der Waals surface area (Å²) in [6.07, 6.45) is 0. The second kappa shape index (κ2) is 5.90. The largest absolute Gasteiger partial charge is 0.351 e. The zero-order valence-corrected chi connectivity index (χ0v) is 13.2. The van der Waals surface area contributed by atoms with Crippen LogP contribution in [0.5, 0.6) is 0 Å². The van der Waals surface area contributed by atoms with Crippen molar-refractivity contribution < 1.29 is 0 Å². The molecule has 0 fully saturated rings. The molecule has 3 aromatic rings. The molecule has 1 N–H and O–H groups in total. The number of anilines is 1. The number of hydrogen-bond acceptors (Lipinski definition) is 2. The Kier molecular flexibility index (Phi) is 3.60. The Morgan fingerprint density at radius 3 is 2.09 bits per heavy atom. The highest BCUT2D eigenvalue weighted by Crippen LogP contribution is 2.28. The average molecular weight is 319 g/mol. The smallest absolute Gasteiger partial charge is 0.196 e. The van der Waals surface area contributed by atoms with Crippen LogP contribution < -0.4 is 5.32 Å². The molecule has 1 aliphatic heterocycles. The van der Waals surface area contributed by atoms with Crippen LogP contribution in [-0.2, 0) is 0 Å². The molecule has 112 valence electrons. The zero-order valence-electron chi connectivity index (χ0n) is 12.4. The fourth-order valence-electron chi connectivity index (χ4n) is 2.84. The van der Waals surface area contributed by atoms with Crippen molar-refractivity contribution in [2.75, 3.05) is 5.32 Å². The van der Waals surface area contributed by atoms with Gasteiger partial charge in [0, 0.05) is 16.8 Å². The van der Waals surface area contributed by atoms with Crippen LogP contribution in [0.1, 0.15) is 11.1 Å². The van der Waals surface area contributed by atoms with E-state index >= 15 is 0 Å². The highest BCUT2D eigenvalue weighted by atomic mass is 35.5. The first kappa shape index (κ1) is 14.0. The Bertz CT molecular complexity index is 854. The van der Waals surface area contributed by atoms with Crippen LogP contribution in [0.2, 0.25) is 0 Å². The first-order valence-corrected chi connectivity index (χ1v) is 7.98. The third kappa shape index (κ3) is 2.73. The molecule has 0 saturated carbocycles. The number of fused-ring (bicyclic) bond motifs is 1. The van der Waals surface area contributed by atoms with Gasteiger partial charge in [0.1, 0.15) is 0 Å². The van der Waals surface area contributed by atoms with Crippen molar-refractivity contribution in [1.82, 2.24) is 0 Å². The summed E-state index contributed by atoms with van der Waals surface area (Å²) in [6, 6.07) is 26.9. The molecule has 0 aromatic heterocycles. The summed E-state index contributed by atoms with van der Waals surface area (Å²) in [6.45, 7) is 0. The van der Waals surface area contributed by atoms with E-state index in [9.17, 15) is 0 Å². The van der Waals surface area contributed by atoms with Gasteiger partial charge >= 0.3 is 0 Å². The number of hydrogen-bond donors (Lipinski definition) is 1. The van der Waals surface area contributed by atoms with Gasteiger partial charge in [-0.15, -0.1) is 0 Å². The number of halogens is 1. The van der Waals surface area contributed by atoms with Gasteiger partial charge in [-0.1, -0.05) is 84.4 Å². The fourth-order valence-corrected chi connectivity index (χ4v) is 3.06. The maximum atomic E-state index is 6.22. The first-order valence-electron chi connectivity index (χ1n) is 7.55. The third-order valence-corrected chi connectivity index (χ3v) is 4.17. The number of alkyl halides is 1. The standard InChI is InChI=1S/C20H15ClN2/c21-20-22-18-9-5-4-8-17(18)19(23-20)16-12-10-15(11-13-16)14-6-2-1-3-7-14/h1-13,20,22H. The molecule has 0 amide bonds. The van der Waals surface area contributed by atoms with Crippen LogP contribution >= 0.6 is 11.6 Å². The summed E-state index contributed by atoms with van der Waals surface area (Å²) >= 11 is 6.22. The summed E-state index contributed by atoms with van der Waals surface area (Å²) in [7, 11) is 0. The molecule has 3 heteroatoms. The second-order valence-electron chi connectivity index (χ2n) is 5.45. The van der Waals surface area contributed by atoms with Crippen LogP contribution in [0.3, 0.4) is 0 Å². The highest BCUT2D eigenvalue weighted by molar-refractivity contribution is 6.26. The van der Waals surface area contributed by atoms with Crippen LogP contribution in [0.15, 0.2) is 83.9 Å². The number of aliphatic imine (C=N–C) groups is 1. The number of nitrogens with one attached hydrogen (secondary N) is 1. The Balaban J connectivity index is 1.74. The van der Waals surface area contributed by atoms with Gasteiger partial charge in [-0.05, 0) is 17.2 Å².